The molecule has 0 unspecified atom stereocenters. The standard InChI is InChI=1S/C121H103BN4O/c1-117(2,3)86-50-56-92-93-57-51-87(118(4,5)6)71-105(93)123(104(92)70-86)90-54-61-102-108(74-90)125(115-96(78-39-25-17-26-40-78)63-83(76-35-21-15-22-36-76)64-97(115)79-41-27-18-28-42-79)110-67-85(82-49-60-101-113(69-82)127-112-48-34-33-47-100(112)121(101,13)14)68-111-114(110)122(102)103-62-55-91(124-106-72-88(119(7,8)9)52-58-94(106)95-59-53-89(73-107(95)124)120(10,11)12)75-109(103)126(111)116-98(80-43-29-19-30-44-80)65-84(77-37-23-16-24-38-77)66-99(116)81-45-31-20-32-46-81/h15-75H,1-14H3. The molecule has 22 rings (SSSR count). The Hall–Kier alpha value is -14.2. The highest BCUT2D eigenvalue weighted by Crippen LogP contribution is 2.58. The summed E-state index contributed by atoms with van der Waals surface area (Å²) in [5.74, 6) is 1.72. The zero-order valence-electron chi connectivity index (χ0n) is 75.0. The van der Waals surface area contributed by atoms with Crippen molar-refractivity contribution < 1.29 is 4.74 Å². The first-order chi connectivity index (χ1) is 61.3. The molecule has 0 amide bonds. The summed E-state index contributed by atoms with van der Waals surface area (Å²) in [6.45, 7) is 32.4. The van der Waals surface area contributed by atoms with Gasteiger partial charge in [0.15, 0.2) is 0 Å². The van der Waals surface area contributed by atoms with Crippen LogP contribution in [0.1, 0.15) is 130 Å². The van der Waals surface area contributed by atoms with Crippen LogP contribution in [0.3, 0.4) is 0 Å². The molecule has 0 bridgehead atoms. The summed E-state index contributed by atoms with van der Waals surface area (Å²) in [7, 11) is 0. The number of rotatable bonds is 11. The van der Waals surface area contributed by atoms with E-state index in [4.69, 9.17) is 4.74 Å². The highest BCUT2D eigenvalue weighted by Gasteiger charge is 2.47. The van der Waals surface area contributed by atoms with Gasteiger partial charge in [-0.25, -0.2) is 0 Å². The van der Waals surface area contributed by atoms with E-state index in [1.807, 2.05) is 0 Å². The molecule has 6 heteroatoms. The van der Waals surface area contributed by atoms with Crippen LogP contribution in [0.2, 0.25) is 0 Å². The van der Waals surface area contributed by atoms with Crippen molar-refractivity contribution in [2.24, 2.45) is 0 Å². The lowest BCUT2D eigenvalue weighted by atomic mass is 9.33. The molecule has 616 valence electrons. The molecule has 0 atom stereocenters. The van der Waals surface area contributed by atoms with Crippen LogP contribution in [0.25, 0.3) is 133 Å². The summed E-state index contributed by atoms with van der Waals surface area (Å²) in [6.07, 6.45) is 0. The molecule has 17 aromatic carbocycles. The normalized spacial score (nSPS) is 13.5. The second-order valence-corrected chi connectivity index (χ2v) is 40.1. The van der Waals surface area contributed by atoms with Crippen molar-refractivity contribution in [1.82, 2.24) is 9.13 Å². The first-order valence-electron chi connectivity index (χ1n) is 45.1. The van der Waals surface area contributed by atoms with Gasteiger partial charge in [-0.2, -0.15) is 0 Å². The molecule has 2 aromatic heterocycles. The van der Waals surface area contributed by atoms with Gasteiger partial charge in [-0.1, -0.05) is 370 Å². The smallest absolute Gasteiger partial charge is 0.252 e. The Morgan fingerprint density at radius 1 is 0.244 bits per heavy atom. The van der Waals surface area contributed by atoms with Crippen LogP contribution in [-0.2, 0) is 27.1 Å². The van der Waals surface area contributed by atoms with Crippen molar-refractivity contribution in [3.63, 3.8) is 0 Å². The average molecular weight is 1640 g/mol. The maximum atomic E-state index is 7.30. The van der Waals surface area contributed by atoms with Crippen LogP contribution in [0, 0.1) is 0 Å². The van der Waals surface area contributed by atoms with Gasteiger partial charge in [-0.15, -0.1) is 0 Å². The molecule has 0 fully saturated rings. The Morgan fingerprint density at radius 3 is 0.890 bits per heavy atom. The molecule has 3 aliphatic heterocycles. The number of aromatic nitrogens is 2. The van der Waals surface area contributed by atoms with Crippen LogP contribution in [0.15, 0.2) is 370 Å². The van der Waals surface area contributed by atoms with Crippen molar-refractivity contribution >= 4 is 101 Å². The average Bonchev–Trinajstić information content (AvgIpc) is 1.37. The van der Waals surface area contributed by atoms with Crippen LogP contribution >= 0.6 is 0 Å². The van der Waals surface area contributed by atoms with Crippen LogP contribution in [-0.4, -0.2) is 15.8 Å². The minimum atomic E-state index is -0.368. The molecular weight excluding hydrogens is 1540 g/mol. The van der Waals surface area contributed by atoms with E-state index in [1.54, 1.807) is 0 Å². The van der Waals surface area contributed by atoms with Gasteiger partial charge >= 0.3 is 0 Å². The van der Waals surface area contributed by atoms with E-state index in [-0.39, 0.29) is 33.8 Å². The van der Waals surface area contributed by atoms with Crippen LogP contribution < -0.4 is 30.9 Å². The van der Waals surface area contributed by atoms with E-state index in [9.17, 15) is 0 Å². The Balaban J connectivity index is 0.946. The summed E-state index contributed by atoms with van der Waals surface area (Å²) in [6, 6.07) is 142. The van der Waals surface area contributed by atoms with Gasteiger partial charge in [0.05, 0.1) is 33.4 Å². The van der Waals surface area contributed by atoms with Crippen molar-refractivity contribution in [1.29, 1.82) is 0 Å². The van der Waals surface area contributed by atoms with Gasteiger partial charge < -0.3 is 23.7 Å². The highest BCUT2D eigenvalue weighted by molar-refractivity contribution is 7.00. The molecule has 19 aromatic rings. The first-order valence-corrected chi connectivity index (χ1v) is 45.1. The molecule has 0 N–H and O–H groups in total. The van der Waals surface area contributed by atoms with Crippen molar-refractivity contribution in [3.8, 4) is 101 Å². The third kappa shape index (κ3) is 13.2. The number of hydrogen-bond acceptors (Lipinski definition) is 3. The van der Waals surface area contributed by atoms with E-state index >= 15 is 0 Å². The Kier molecular flexibility index (Phi) is 18.3. The van der Waals surface area contributed by atoms with Gasteiger partial charge in [-0.05, 0) is 213 Å². The summed E-state index contributed by atoms with van der Waals surface area (Å²) < 4.78 is 12.5. The minimum Gasteiger partial charge on any atom is -0.457 e. The summed E-state index contributed by atoms with van der Waals surface area (Å²) in [5.41, 5.74) is 38.7. The second-order valence-electron chi connectivity index (χ2n) is 40.1. The number of anilines is 6. The number of para-hydroxylation sites is 1. The van der Waals surface area contributed by atoms with Gasteiger partial charge in [0.1, 0.15) is 11.5 Å². The summed E-state index contributed by atoms with van der Waals surface area (Å²) in [5, 5.41) is 4.89. The fourth-order valence-corrected chi connectivity index (χ4v) is 20.7. The molecule has 0 aliphatic carbocycles. The number of hydrogen-bond donors (Lipinski definition) is 0. The zero-order chi connectivity index (χ0) is 86.9. The first kappa shape index (κ1) is 78.8. The second kappa shape index (κ2) is 29.5. The molecule has 5 nitrogen and oxygen atoms in total. The largest absolute Gasteiger partial charge is 0.457 e. The molecule has 5 heterocycles. The minimum absolute atomic E-state index is 0.141. The molecule has 0 spiro atoms. The Labute approximate surface area is 747 Å². The number of fused-ring (bicyclic) bond motifs is 12. The van der Waals surface area contributed by atoms with Gasteiger partial charge in [0.2, 0.25) is 0 Å². The maximum Gasteiger partial charge on any atom is 0.252 e. The maximum absolute atomic E-state index is 7.30. The summed E-state index contributed by atoms with van der Waals surface area (Å²) in [4.78, 5) is 5.48. The molecule has 127 heavy (non-hydrogen) atoms. The quantitative estimate of drug-likeness (QED) is 0.121. The predicted molar refractivity (Wildman–Crippen MR) is 541 cm³/mol. The van der Waals surface area contributed by atoms with Crippen molar-refractivity contribution in [2.75, 3.05) is 9.80 Å². The Morgan fingerprint density at radius 2 is 0.551 bits per heavy atom. The third-order valence-electron chi connectivity index (χ3n) is 27.5. The van der Waals surface area contributed by atoms with Crippen molar-refractivity contribution in [2.45, 2.75) is 124 Å². The molecule has 0 radical (unpaired) electrons. The number of benzene rings is 17. The fraction of sp³-hybridized carbons (Fsp3) is 0.157. The number of nitrogens with zero attached hydrogens (tertiary/aromatic N) is 4. The van der Waals surface area contributed by atoms with Gasteiger partial charge in [0.25, 0.3) is 6.71 Å². The topological polar surface area (TPSA) is 25.6 Å². The monoisotopic (exact) mass is 1640 g/mol. The molecule has 3 aliphatic rings. The Bertz CT molecular complexity index is 6980. The van der Waals surface area contributed by atoms with Gasteiger partial charge in [0, 0.05) is 94.5 Å². The molecule has 0 saturated heterocycles. The lowest BCUT2D eigenvalue weighted by Gasteiger charge is -2.46. The predicted octanol–water partition coefficient (Wildman–Crippen LogP) is 31.3. The number of ether oxygens (including phenoxy) is 1. The third-order valence-corrected chi connectivity index (χ3v) is 27.5. The van der Waals surface area contributed by atoms with E-state index in [0.717, 1.165) is 140 Å². The lowest BCUT2D eigenvalue weighted by molar-refractivity contribution is 0.418. The lowest BCUT2D eigenvalue weighted by Crippen LogP contribution is -2.61. The van der Waals surface area contributed by atoms with E-state index < -0.39 is 0 Å². The van der Waals surface area contributed by atoms with E-state index in [1.165, 1.54) is 87.8 Å². The van der Waals surface area contributed by atoms with E-state index in [2.05, 4.69) is 486 Å². The van der Waals surface area contributed by atoms with Crippen LogP contribution in [0.4, 0.5) is 34.1 Å². The zero-order valence-corrected chi connectivity index (χ0v) is 75.0. The van der Waals surface area contributed by atoms with Crippen molar-refractivity contribution in [3.05, 3.63) is 403 Å². The fourth-order valence-electron chi connectivity index (χ4n) is 20.7. The summed E-state index contributed by atoms with van der Waals surface area (Å²) >= 11 is 0. The molecular formula is C121H103BN4O. The molecule has 0 saturated carbocycles. The van der Waals surface area contributed by atoms with Crippen LogP contribution in [0.5, 0.6) is 11.5 Å². The van der Waals surface area contributed by atoms with Gasteiger partial charge in [-0.3, -0.25) is 0 Å². The highest BCUT2D eigenvalue weighted by atomic mass is 16.5. The van der Waals surface area contributed by atoms with E-state index in [0.29, 0.717) is 0 Å². The SMILES string of the molecule is CC(C)(C)c1ccc2c3ccc(C(C)(C)C)cc3n(-c3ccc4c(c3)N(c3c(-c5ccccc5)cc(-c5ccccc5)cc3-c3ccccc3)c3cc(-c5ccc6c(c5)Oc5ccccc5C6(C)C)cc5c3B4c3ccc(-n4c6cc(C(C)(C)C)ccc6c6ccc(C(C)(C)C)cc64)cc3N5c3c(-c4ccccc4)cc(-c4ccccc4)cc3-c3ccccc3)c2c1.